The summed E-state index contributed by atoms with van der Waals surface area (Å²) in [6, 6.07) is 9.10. The minimum absolute atomic E-state index is 0.531. The molecule has 0 amide bonds. The van der Waals surface area contributed by atoms with Crippen molar-refractivity contribution >= 4 is 70.7 Å². The molecule has 4 heteroatoms. The number of hydrogen-bond donors (Lipinski definition) is 0. The standard InChI is InChI=1S/C20H22Br2Se2/c1-3-5-10-16-18(22)17(21)15(4-2)19-20(16)24-12-14-9-7-6-8-13(14)11-23-19/h6-9H,3-5,10-12H2,1-2H3. The first-order chi connectivity index (χ1) is 11.7. The van der Waals surface area contributed by atoms with E-state index in [1.165, 1.54) is 38.8 Å². The maximum atomic E-state index is 3.93. The molecular formula is C20H22Br2Se2. The molecule has 0 N–H and O–H groups in total. The summed E-state index contributed by atoms with van der Waals surface area (Å²) in [6.45, 7) is 4.59. The Kier molecular flexibility index (Phi) is 7.11. The fourth-order valence-corrected chi connectivity index (χ4v) is 11.5. The van der Waals surface area contributed by atoms with Crippen LogP contribution in [0.2, 0.25) is 0 Å². The number of rotatable bonds is 4. The summed E-state index contributed by atoms with van der Waals surface area (Å²) >= 11 is 8.90. The monoisotopic (exact) mass is 580 g/mol. The molecule has 24 heavy (non-hydrogen) atoms. The van der Waals surface area contributed by atoms with E-state index in [1.807, 2.05) is 0 Å². The second kappa shape index (κ2) is 8.89. The van der Waals surface area contributed by atoms with Crippen molar-refractivity contribution in [3.8, 4) is 0 Å². The van der Waals surface area contributed by atoms with Gasteiger partial charge in [-0.15, -0.1) is 0 Å². The zero-order chi connectivity index (χ0) is 17.1. The fourth-order valence-electron chi connectivity index (χ4n) is 3.08. The molecule has 0 spiro atoms. The van der Waals surface area contributed by atoms with Crippen molar-refractivity contribution in [2.75, 3.05) is 0 Å². The van der Waals surface area contributed by atoms with E-state index in [9.17, 15) is 0 Å². The van der Waals surface area contributed by atoms with Gasteiger partial charge in [0.25, 0.3) is 0 Å². The van der Waals surface area contributed by atoms with Gasteiger partial charge in [-0.2, -0.15) is 0 Å². The van der Waals surface area contributed by atoms with Crippen LogP contribution in [-0.2, 0) is 23.5 Å². The summed E-state index contributed by atoms with van der Waals surface area (Å²) in [5.74, 6) is 0. The Bertz CT molecular complexity index is 741. The molecular weight excluding hydrogens is 558 g/mol. The minimum atomic E-state index is 0.531. The molecule has 3 rings (SSSR count). The normalized spacial score (nSPS) is 13.8. The first-order valence-corrected chi connectivity index (χ1v) is 14.2. The molecule has 1 aliphatic rings. The molecule has 0 saturated carbocycles. The summed E-state index contributed by atoms with van der Waals surface area (Å²) in [7, 11) is 0. The molecule has 0 nitrogen and oxygen atoms in total. The van der Waals surface area contributed by atoms with Crippen molar-refractivity contribution in [1.29, 1.82) is 0 Å². The van der Waals surface area contributed by atoms with Crippen molar-refractivity contribution in [3.63, 3.8) is 0 Å². The van der Waals surface area contributed by atoms with Crippen LogP contribution in [-0.4, -0.2) is 29.9 Å². The Morgan fingerprint density at radius 3 is 1.96 bits per heavy atom. The van der Waals surface area contributed by atoms with Gasteiger partial charge in [0.15, 0.2) is 0 Å². The van der Waals surface area contributed by atoms with Gasteiger partial charge < -0.3 is 0 Å². The fraction of sp³-hybridized carbons (Fsp3) is 0.400. The summed E-state index contributed by atoms with van der Waals surface area (Å²) in [6.07, 6.45) is 4.87. The van der Waals surface area contributed by atoms with Gasteiger partial charge in [-0.3, -0.25) is 0 Å². The van der Waals surface area contributed by atoms with Gasteiger partial charge >= 0.3 is 176 Å². The van der Waals surface area contributed by atoms with Gasteiger partial charge in [0.05, 0.1) is 0 Å². The van der Waals surface area contributed by atoms with Crippen LogP contribution in [0.1, 0.15) is 48.9 Å². The average molecular weight is 580 g/mol. The molecule has 0 radical (unpaired) electrons. The third kappa shape index (κ3) is 3.90. The first-order valence-electron chi connectivity index (χ1n) is 8.52. The van der Waals surface area contributed by atoms with Gasteiger partial charge in [0.1, 0.15) is 0 Å². The van der Waals surface area contributed by atoms with Crippen molar-refractivity contribution in [3.05, 3.63) is 55.5 Å². The predicted molar refractivity (Wildman–Crippen MR) is 114 cm³/mol. The number of halogens is 2. The molecule has 128 valence electrons. The molecule has 0 atom stereocenters. The van der Waals surface area contributed by atoms with Gasteiger partial charge in [-0.05, 0) is 0 Å². The summed E-state index contributed by atoms with van der Waals surface area (Å²) in [5, 5.41) is 2.48. The topological polar surface area (TPSA) is 0 Å². The average Bonchev–Trinajstić information content (AvgIpc) is 2.59. The van der Waals surface area contributed by atoms with Crippen LogP contribution in [0.4, 0.5) is 0 Å². The third-order valence-corrected chi connectivity index (χ3v) is 12.4. The van der Waals surface area contributed by atoms with Gasteiger partial charge in [0.2, 0.25) is 0 Å². The first kappa shape index (κ1) is 19.2. The Balaban J connectivity index is 2.10. The summed E-state index contributed by atoms with van der Waals surface area (Å²) in [5.41, 5.74) is 6.32. The van der Waals surface area contributed by atoms with Gasteiger partial charge in [-0.1, -0.05) is 0 Å². The van der Waals surface area contributed by atoms with Crippen molar-refractivity contribution < 1.29 is 0 Å². The van der Waals surface area contributed by atoms with Crippen LogP contribution < -0.4 is 8.92 Å². The van der Waals surface area contributed by atoms with Crippen molar-refractivity contribution in [2.24, 2.45) is 0 Å². The van der Waals surface area contributed by atoms with Crippen molar-refractivity contribution in [2.45, 2.75) is 50.2 Å². The molecule has 2 aromatic rings. The van der Waals surface area contributed by atoms with E-state index in [-0.39, 0.29) is 0 Å². The maximum absolute atomic E-state index is 3.93. The van der Waals surface area contributed by atoms with E-state index < -0.39 is 0 Å². The van der Waals surface area contributed by atoms with E-state index in [0.29, 0.717) is 29.9 Å². The Labute approximate surface area is 175 Å². The van der Waals surface area contributed by atoms with Gasteiger partial charge in [0, 0.05) is 0 Å². The molecule has 2 aromatic carbocycles. The SMILES string of the molecule is CCCCc1c(Br)c(Br)c(CC)c2c1[Se]Cc1ccccc1C[Se]2. The molecule has 0 fully saturated rings. The molecule has 0 aliphatic carbocycles. The molecule has 0 aromatic heterocycles. The summed E-state index contributed by atoms with van der Waals surface area (Å²) in [4.78, 5) is 0. The van der Waals surface area contributed by atoms with E-state index >= 15 is 0 Å². The number of benzene rings is 2. The Morgan fingerprint density at radius 1 is 0.875 bits per heavy atom. The Hall–Kier alpha value is 0.439. The van der Waals surface area contributed by atoms with Crippen LogP contribution >= 0.6 is 31.9 Å². The molecule has 0 saturated heterocycles. The van der Waals surface area contributed by atoms with Crippen molar-refractivity contribution in [1.82, 2.24) is 0 Å². The van der Waals surface area contributed by atoms with Crippen LogP contribution in [0.15, 0.2) is 33.2 Å². The number of fused-ring (bicyclic) bond motifs is 2. The Morgan fingerprint density at radius 2 is 1.42 bits per heavy atom. The van der Waals surface area contributed by atoms with Crippen LogP contribution in [0.5, 0.6) is 0 Å². The van der Waals surface area contributed by atoms with E-state index in [0.717, 1.165) is 6.42 Å². The molecule has 1 heterocycles. The number of unbranched alkanes of at least 4 members (excludes halogenated alkanes) is 1. The second-order valence-electron chi connectivity index (χ2n) is 6.05. The summed E-state index contributed by atoms with van der Waals surface area (Å²) < 4.78 is 6.08. The third-order valence-electron chi connectivity index (χ3n) is 4.47. The zero-order valence-corrected chi connectivity index (χ0v) is 20.7. The van der Waals surface area contributed by atoms with Crippen LogP contribution in [0, 0.1) is 0 Å². The van der Waals surface area contributed by atoms with E-state index in [4.69, 9.17) is 0 Å². The van der Waals surface area contributed by atoms with Crippen LogP contribution in [0.25, 0.3) is 0 Å². The molecule has 0 bridgehead atoms. The second-order valence-corrected chi connectivity index (χ2v) is 11.8. The van der Waals surface area contributed by atoms with Crippen LogP contribution in [0.3, 0.4) is 0 Å². The van der Waals surface area contributed by atoms with E-state index in [2.05, 4.69) is 70.0 Å². The molecule has 1 aliphatic heterocycles. The molecule has 0 unspecified atom stereocenters. The predicted octanol–water partition coefficient (Wildman–Crippen LogP) is 4.49. The number of hydrogen-bond acceptors (Lipinski definition) is 0. The quantitative estimate of drug-likeness (QED) is 0.469. The zero-order valence-electron chi connectivity index (χ0n) is 14.1. The van der Waals surface area contributed by atoms with Gasteiger partial charge in [-0.25, -0.2) is 0 Å². The van der Waals surface area contributed by atoms with E-state index in [1.54, 1.807) is 31.2 Å².